The third-order valence-corrected chi connectivity index (χ3v) is 7.06. The van der Waals surface area contributed by atoms with Crippen molar-refractivity contribution in [1.29, 1.82) is 0 Å². The fourth-order valence-electron chi connectivity index (χ4n) is 4.81. The summed E-state index contributed by atoms with van der Waals surface area (Å²) in [7, 11) is 0. The summed E-state index contributed by atoms with van der Waals surface area (Å²) in [5, 5.41) is 7.75. The fourth-order valence-corrected chi connectivity index (χ4v) is 4.81. The molecule has 176 valence electrons. The van der Waals surface area contributed by atoms with Crippen LogP contribution in [0, 0.1) is 17.6 Å². The van der Waals surface area contributed by atoms with Crippen LogP contribution in [0.1, 0.15) is 37.8 Å². The molecule has 1 aliphatic carbocycles. The molecule has 1 amide bonds. The van der Waals surface area contributed by atoms with Crippen LogP contribution in [-0.4, -0.2) is 34.8 Å². The van der Waals surface area contributed by atoms with Crippen molar-refractivity contribution in [1.82, 2.24) is 15.1 Å². The van der Waals surface area contributed by atoms with Gasteiger partial charge in [-0.15, -0.1) is 0 Å². The van der Waals surface area contributed by atoms with E-state index in [9.17, 15) is 13.6 Å². The number of rotatable bonds is 5. The predicted octanol–water partition coefficient (Wildman–Crippen LogP) is 4.84. The molecule has 34 heavy (non-hydrogen) atoms. The molecule has 3 heterocycles. The second kappa shape index (κ2) is 8.20. The summed E-state index contributed by atoms with van der Waals surface area (Å²) < 4.78 is 36.6. The minimum absolute atomic E-state index is 0.0686. The van der Waals surface area contributed by atoms with E-state index in [0.29, 0.717) is 18.2 Å². The van der Waals surface area contributed by atoms with Gasteiger partial charge in [0.05, 0.1) is 17.9 Å². The van der Waals surface area contributed by atoms with Crippen LogP contribution in [0.4, 0.5) is 14.5 Å². The Morgan fingerprint density at radius 1 is 1.15 bits per heavy atom. The van der Waals surface area contributed by atoms with Gasteiger partial charge in [-0.05, 0) is 56.9 Å². The van der Waals surface area contributed by atoms with Gasteiger partial charge in [0.1, 0.15) is 11.6 Å². The van der Waals surface area contributed by atoms with E-state index in [1.807, 2.05) is 27.9 Å². The van der Waals surface area contributed by atoms with E-state index in [-0.39, 0.29) is 23.6 Å². The van der Waals surface area contributed by atoms with Crippen molar-refractivity contribution < 1.29 is 18.3 Å². The first-order valence-corrected chi connectivity index (χ1v) is 11.9. The molecule has 3 aliphatic rings. The van der Waals surface area contributed by atoms with Crippen molar-refractivity contribution in [2.45, 2.75) is 44.7 Å². The van der Waals surface area contributed by atoms with E-state index in [4.69, 9.17) is 4.74 Å². The zero-order valence-electron chi connectivity index (χ0n) is 18.9. The average molecular weight is 465 g/mol. The van der Waals surface area contributed by atoms with Crippen molar-refractivity contribution in [3.8, 4) is 22.6 Å². The number of fused-ring (bicyclic) bond motifs is 1. The van der Waals surface area contributed by atoms with E-state index in [1.54, 1.807) is 6.20 Å². The molecule has 6 nitrogen and oxygen atoms in total. The Morgan fingerprint density at radius 2 is 1.97 bits per heavy atom. The van der Waals surface area contributed by atoms with E-state index in [0.717, 1.165) is 72.9 Å². The number of carbonyl (C=O) groups is 1. The molecule has 1 unspecified atom stereocenters. The lowest BCUT2D eigenvalue weighted by Crippen LogP contribution is -2.43. The van der Waals surface area contributed by atoms with Crippen molar-refractivity contribution >= 4 is 11.6 Å². The summed E-state index contributed by atoms with van der Waals surface area (Å²) in [5.41, 5.74) is 3.21. The van der Waals surface area contributed by atoms with Crippen molar-refractivity contribution in [2.75, 3.05) is 18.0 Å². The number of anilines is 1. The molecule has 2 aromatic carbocycles. The number of ether oxygens (including phenoxy) is 1. The number of hydrogen-bond donors (Lipinski definition) is 1. The second-order valence-electron chi connectivity index (χ2n) is 9.51. The zero-order chi connectivity index (χ0) is 23.4. The Hall–Kier alpha value is -3.26. The molecule has 1 atom stereocenters. The molecule has 6 rings (SSSR count). The third-order valence-electron chi connectivity index (χ3n) is 7.06. The minimum atomic E-state index is -0.642. The second-order valence-corrected chi connectivity index (χ2v) is 9.51. The molecule has 2 fully saturated rings. The lowest BCUT2D eigenvalue weighted by molar-refractivity contribution is -0.120. The molecule has 0 radical (unpaired) electrons. The quantitative estimate of drug-likeness (QED) is 0.587. The van der Waals surface area contributed by atoms with Crippen LogP contribution < -0.4 is 15.0 Å². The average Bonchev–Trinajstić information content (AvgIpc) is 3.53. The number of benzene rings is 2. The Balaban J connectivity index is 1.48. The van der Waals surface area contributed by atoms with Crippen LogP contribution in [0.25, 0.3) is 11.1 Å². The zero-order valence-corrected chi connectivity index (χ0v) is 18.9. The SMILES string of the molecule is CC1CCc2c(ccc(-c3cnn(C4CNC4)c3)c2Oc2cc(F)ccc2F)N1C(=O)C1CC1. The van der Waals surface area contributed by atoms with Crippen LogP contribution in [-0.2, 0) is 11.2 Å². The van der Waals surface area contributed by atoms with E-state index < -0.39 is 11.6 Å². The fraction of sp³-hybridized carbons (Fsp3) is 0.385. The topological polar surface area (TPSA) is 59.4 Å². The van der Waals surface area contributed by atoms with Crippen LogP contribution in [0.15, 0.2) is 42.7 Å². The maximum atomic E-state index is 14.6. The standard InChI is InChI=1S/C26H26F2N4O2/c1-15-2-6-21-23(32(15)26(33)16-3-4-16)9-7-20(17-11-30-31(14-17)19-12-29-13-19)25(21)34-24-10-18(27)5-8-22(24)28/h5,7-11,14-16,19,29H,2-4,6,12-13H2,1H3. The Kier molecular flexibility index (Phi) is 5.13. The number of hydrogen-bond acceptors (Lipinski definition) is 4. The molecular weight excluding hydrogens is 438 g/mol. The van der Waals surface area contributed by atoms with Gasteiger partial charge in [-0.25, -0.2) is 8.78 Å². The number of halogens is 2. The van der Waals surface area contributed by atoms with Crippen molar-refractivity contribution in [2.24, 2.45) is 5.92 Å². The molecule has 1 N–H and O–H groups in total. The summed E-state index contributed by atoms with van der Waals surface area (Å²) in [5.74, 6) is -0.733. The number of carbonyl (C=O) groups excluding carboxylic acids is 1. The smallest absolute Gasteiger partial charge is 0.230 e. The van der Waals surface area contributed by atoms with E-state index in [1.165, 1.54) is 0 Å². The first kappa shape index (κ1) is 21.3. The lowest BCUT2D eigenvalue weighted by Gasteiger charge is -2.36. The predicted molar refractivity (Wildman–Crippen MR) is 124 cm³/mol. The van der Waals surface area contributed by atoms with Crippen molar-refractivity contribution in [3.63, 3.8) is 0 Å². The highest BCUT2D eigenvalue weighted by Crippen LogP contribution is 2.46. The Morgan fingerprint density at radius 3 is 2.71 bits per heavy atom. The van der Waals surface area contributed by atoms with Gasteiger partial charge in [-0.2, -0.15) is 5.10 Å². The van der Waals surface area contributed by atoms with Gasteiger partial charge < -0.3 is 15.0 Å². The van der Waals surface area contributed by atoms with Gasteiger partial charge in [0, 0.05) is 54.0 Å². The Bertz CT molecular complexity index is 1270. The molecule has 1 aromatic heterocycles. The summed E-state index contributed by atoms with van der Waals surface area (Å²) >= 11 is 0. The monoisotopic (exact) mass is 464 g/mol. The first-order valence-electron chi connectivity index (χ1n) is 11.9. The maximum absolute atomic E-state index is 14.6. The maximum Gasteiger partial charge on any atom is 0.230 e. The highest BCUT2D eigenvalue weighted by molar-refractivity contribution is 5.99. The summed E-state index contributed by atoms with van der Waals surface area (Å²) in [4.78, 5) is 15.0. The highest BCUT2D eigenvalue weighted by atomic mass is 19.1. The van der Waals surface area contributed by atoms with Crippen LogP contribution in [0.5, 0.6) is 11.5 Å². The first-order chi connectivity index (χ1) is 16.5. The summed E-state index contributed by atoms with van der Waals surface area (Å²) in [6.45, 7) is 3.78. The Labute approximate surface area is 196 Å². The highest BCUT2D eigenvalue weighted by Gasteiger charge is 2.39. The van der Waals surface area contributed by atoms with Gasteiger partial charge >= 0.3 is 0 Å². The van der Waals surface area contributed by atoms with Gasteiger partial charge in [0.15, 0.2) is 11.6 Å². The number of aromatic nitrogens is 2. The van der Waals surface area contributed by atoms with Crippen LogP contribution >= 0.6 is 0 Å². The molecule has 0 spiro atoms. The van der Waals surface area contributed by atoms with E-state index in [2.05, 4.69) is 17.3 Å². The molecular formula is C26H26F2N4O2. The van der Waals surface area contributed by atoms with Crippen LogP contribution in [0.3, 0.4) is 0 Å². The molecule has 2 aliphatic heterocycles. The third kappa shape index (κ3) is 3.66. The van der Waals surface area contributed by atoms with Crippen LogP contribution in [0.2, 0.25) is 0 Å². The number of nitrogens with one attached hydrogen (secondary N) is 1. The molecule has 8 heteroatoms. The van der Waals surface area contributed by atoms with Crippen molar-refractivity contribution in [3.05, 3.63) is 59.9 Å². The molecule has 0 bridgehead atoms. The minimum Gasteiger partial charge on any atom is -0.453 e. The summed E-state index contributed by atoms with van der Waals surface area (Å²) in [6.07, 6.45) is 7.01. The summed E-state index contributed by atoms with van der Waals surface area (Å²) in [6, 6.07) is 7.41. The normalized spacial score (nSPS) is 20.1. The molecule has 3 aromatic rings. The van der Waals surface area contributed by atoms with Gasteiger partial charge in [0.2, 0.25) is 5.91 Å². The molecule has 1 saturated heterocycles. The largest absolute Gasteiger partial charge is 0.453 e. The molecule has 1 saturated carbocycles. The van der Waals surface area contributed by atoms with E-state index >= 15 is 0 Å². The number of nitrogens with zero attached hydrogens (tertiary/aromatic N) is 3. The lowest BCUT2D eigenvalue weighted by atomic mass is 9.92. The van der Waals surface area contributed by atoms with Gasteiger partial charge in [0.25, 0.3) is 0 Å². The number of amides is 1. The van der Waals surface area contributed by atoms with Gasteiger partial charge in [-0.1, -0.05) is 0 Å². The van der Waals surface area contributed by atoms with Gasteiger partial charge in [-0.3, -0.25) is 9.48 Å².